The first kappa shape index (κ1) is 24.7. The number of benzene rings is 3. The predicted molar refractivity (Wildman–Crippen MR) is 143 cm³/mol. The molecule has 0 aromatic heterocycles. The average Bonchev–Trinajstić information content (AvgIpc) is 2.88. The fourth-order valence-electron chi connectivity index (χ4n) is 5.49. The Kier molecular flexibility index (Phi) is 7.54. The van der Waals surface area contributed by atoms with E-state index >= 15 is 0 Å². The molecule has 2 aliphatic rings. The molecule has 0 radical (unpaired) electrons. The first-order valence-corrected chi connectivity index (χ1v) is 14.2. The molecule has 5 rings (SSSR count). The van der Waals surface area contributed by atoms with Crippen LogP contribution in [0.4, 0.5) is 0 Å². The quantitative estimate of drug-likeness (QED) is 0.541. The summed E-state index contributed by atoms with van der Waals surface area (Å²) in [6.45, 7) is 1.95. The van der Waals surface area contributed by atoms with E-state index in [1.54, 1.807) is 4.31 Å². The van der Waals surface area contributed by atoms with Crippen LogP contribution in [0.1, 0.15) is 41.0 Å². The molecule has 1 N–H and O–H groups in total. The monoisotopic (exact) mass is 500 g/mol. The lowest BCUT2D eigenvalue weighted by Gasteiger charge is -2.57. The molecule has 3 atom stereocenters. The third kappa shape index (κ3) is 5.40. The second-order valence-corrected chi connectivity index (χ2v) is 11.6. The van der Waals surface area contributed by atoms with Crippen LogP contribution in [0.3, 0.4) is 0 Å². The van der Waals surface area contributed by atoms with Crippen molar-refractivity contribution in [1.29, 1.82) is 0 Å². The van der Waals surface area contributed by atoms with E-state index in [9.17, 15) is 13.5 Å². The van der Waals surface area contributed by atoms with Gasteiger partial charge in [0, 0.05) is 42.2 Å². The van der Waals surface area contributed by atoms with Gasteiger partial charge in [-0.05, 0) is 54.8 Å². The Bertz CT molecular complexity index is 1320. The summed E-state index contributed by atoms with van der Waals surface area (Å²) in [6.07, 6.45) is 1.75. The van der Waals surface area contributed by atoms with Crippen molar-refractivity contribution in [2.75, 3.05) is 26.2 Å². The fourth-order valence-corrected chi connectivity index (χ4v) is 7.08. The molecule has 5 nitrogen and oxygen atoms in total. The summed E-state index contributed by atoms with van der Waals surface area (Å²) in [5.74, 6) is 6.50. The standard InChI is InChI=1S/C30H32N2O3S/c33-22-29-30(27-17-15-25(16-18-27)14-13-24-9-3-1-4-10-24)28-21-31(19-7-8-20-32(28)29)36(34,35)23-26-11-5-2-6-12-26/h1-6,9-12,15-18,28-30,33H,7-8,19-23H2/t28-,29+,30-/m0/s1. The zero-order chi connectivity index (χ0) is 25.0. The summed E-state index contributed by atoms with van der Waals surface area (Å²) in [7, 11) is -3.44. The highest BCUT2D eigenvalue weighted by atomic mass is 32.2. The van der Waals surface area contributed by atoms with Crippen molar-refractivity contribution in [3.8, 4) is 11.8 Å². The highest BCUT2D eigenvalue weighted by molar-refractivity contribution is 7.88. The van der Waals surface area contributed by atoms with Gasteiger partial charge in [-0.1, -0.05) is 72.5 Å². The topological polar surface area (TPSA) is 60.9 Å². The van der Waals surface area contributed by atoms with Gasteiger partial charge in [0.05, 0.1) is 12.4 Å². The molecule has 3 aromatic rings. The van der Waals surface area contributed by atoms with Gasteiger partial charge in [-0.15, -0.1) is 0 Å². The van der Waals surface area contributed by atoms with Crippen molar-refractivity contribution >= 4 is 10.0 Å². The van der Waals surface area contributed by atoms with Crippen molar-refractivity contribution in [2.45, 2.75) is 36.6 Å². The Hall–Kier alpha value is -2.95. The Morgan fingerprint density at radius 2 is 1.42 bits per heavy atom. The van der Waals surface area contributed by atoms with E-state index in [4.69, 9.17) is 0 Å². The van der Waals surface area contributed by atoms with Gasteiger partial charge in [0.15, 0.2) is 0 Å². The minimum Gasteiger partial charge on any atom is -0.395 e. The molecule has 0 aliphatic carbocycles. The molecule has 0 unspecified atom stereocenters. The smallest absolute Gasteiger partial charge is 0.218 e. The number of hydrogen-bond donors (Lipinski definition) is 1. The summed E-state index contributed by atoms with van der Waals surface area (Å²) >= 11 is 0. The van der Waals surface area contributed by atoms with E-state index in [1.165, 1.54) is 0 Å². The van der Waals surface area contributed by atoms with Crippen LogP contribution in [0.15, 0.2) is 84.9 Å². The average molecular weight is 501 g/mol. The summed E-state index contributed by atoms with van der Waals surface area (Å²) in [5, 5.41) is 10.2. The first-order valence-electron chi connectivity index (χ1n) is 12.6. The van der Waals surface area contributed by atoms with Gasteiger partial charge < -0.3 is 5.11 Å². The molecule has 6 heteroatoms. The minimum atomic E-state index is -3.44. The summed E-state index contributed by atoms with van der Waals surface area (Å²) in [5.41, 5.74) is 3.84. The molecule has 0 saturated carbocycles. The number of hydrogen-bond acceptors (Lipinski definition) is 4. The van der Waals surface area contributed by atoms with Crippen LogP contribution in [0.2, 0.25) is 0 Å². The Morgan fingerprint density at radius 1 is 0.806 bits per heavy atom. The lowest BCUT2D eigenvalue weighted by atomic mass is 9.74. The van der Waals surface area contributed by atoms with E-state index in [2.05, 4.69) is 28.9 Å². The number of aliphatic hydroxyl groups excluding tert-OH is 1. The van der Waals surface area contributed by atoms with Gasteiger partial charge in [-0.2, -0.15) is 0 Å². The molecule has 0 amide bonds. The van der Waals surface area contributed by atoms with Crippen LogP contribution in [-0.2, 0) is 15.8 Å². The number of fused-ring (bicyclic) bond motifs is 1. The molecular formula is C30H32N2O3S. The van der Waals surface area contributed by atoms with Gasteiger partial charge >= 0.3 is 0 Å². The maximum Gasteiger partial charge on any atom is 0.218 e. The van der Waals surface area contributed by atoms with Gasteiger partial charge in [0.25, 0.3) is 0 Å². The Labute approximate surface area is 214 Å². The Balaban J connectivity index is 1.35. The second kappa shape index (κ2) is 11.0. The predicted octanol–water partition coefficient (Wildman–Crippen LogP) is 3.84. The van der Waals surface area contributed by atoms with Crippen molar-refractivity contribution in [3.05, 3.63) is 107 Å². The lowest BCUT2D eigenvalue weighted by molar-refractivity contribution is -0.0554. The van der Waals surface area contributed by atoms with Crippen LogP contribution in [0.25, 0.3) is 0 Å². The van der Waals surface area contributed by atoms with Gasteiger partial charge in [-0.25, -0.2) is 12.7 Å². The molecule has 2 heterocycles. The normalized spacial score (nSPS) is 22.9. The molecule has 2 saturated heterocycles. The van der Waals surface area contributed by atoms with Crippen LogP contribution < -0.4 is 0 Å². The summed E-state index contributed by atoms with van der Waals surface area (Å²) < 4.78 is 28.4. The van der Waals surface area contributed by atoms with Crippen molar-refractivity contribution in [3.63, 3.8) is 0 Å². The molecule has 36 heavy (non-hydrogen) atoms. The van der Waals surface area contributed by atoms with Gasteiger partial charge in [0.2, 0.25) is 10.0 Å². The number of aliphatic hydroxyl groups is 1. The van der Waals surface area contributed by atoms with Crippen LogP contribution in [-0.4, -0.2) is 61.1 Å². The number of rotatable bonds is 5. The summed E-state index contributed by atoms with van der Waals surface area (Å²) in [6, 6.07) is 27.6. The maximum atomic E-state index is 13.4. The van der Waals surface area contributed by atoms with Gasteiger partial charge in [-0.3, -0.25) is 4.90 Å². The fraction of sp³-hybridized carbons (Fsp3) is 0.333. The second-order valence-electron chi connectivity index (χ2n) is 9.63. The molecular weight excluding hydrogens is 468 g/mol. The zero-order valence-electron chi connectivity index (χ0n) is 20.3. The Morgan fingerprint density at radius 3 is 2.08 bits per heavy atom. The third-order valence-corrected chi connectivity index (χ3v) is 9.16. The molecule has 2 fully saturated rings. The largest absolute Gasteiger partial charge is 0.395 e. The molecule has 0 bridgehead atoms. The van der Waals surface area contributed by atoms with E-state index in [1.807, 2.05) is 72.8 Å². The molecule has 0 spiro atoms. The third-order valence-electron chi connectivity index (χ3n) is 7.34. The van der Waals surface area contributed by atoms with Crippen LogP contribution >= 0.6 is 0 Å². The van der Waals surface area contributed by atoms with E-state index in [-0.39, 0.29) is 30.4 Å². The highest BCUT2D eigenvalue weighted by Crippen LogP contribution is 2.42. The summed E-state index contributed by atoms with van der Waals surface area (Å²) in [4.78, 5) is 2.30. The van der Waals surface area contributed by atoms with E-state index < -0.39 is 10.0 Å². The lowest BCUT2D eigenvalue weighted by Crippen LogP contribution is -2.67. The number of nitrogens with zero attached hydrogens (tertiary/aromatic N) is 2. The number of sulfonamides is 1. The van der Waals surface area contributed by atoms with E-state index in [0.717, 1.165) is 41.6 Å². The molecule has 3 aromatic carbocycles. The highest BCUT2D eigenvalue weighted by Gasteiger charge is 2.50. The van der Waals surface area contributed by atoms with E-state index in [0.29, 0.717) is 13.1 Å². The van der Waals surface area contributed by atoms with Crippen molar-refractivity contribution in [2.24, 2.45) is 0 Å². The van der Waals surface area contributed by atoms with Crippen molar-refractivity contribution in [1.82, 2.24) is 9.21 Å². The minimum absolute atomic E-state index is 0.00744. The zero-order valence-corrected chi connectivity index (χ0v) is 21.1. The maximum absolute atomic E-state index is 13.4. The SMILES string of the molecule is O=S(=O)(Cc1ccccc1)N1CCCCN2[C@H](CO)[C@@H](c3ccc(C#Cc4ccccc4)cc3)[C@@H]2C1. The molecule has 2 aliphatic heterocycles. The van der Waals surface area contributed by atoms with Crippen LogP contribution in [0, 0.1) is 11.8 Å². The van der Waals surface area contributed by atoms with Crippen molar-refractivity contribution < 1.29 is 13.5 Å². The van der Waals surface area contributed by atoms with Gasteiger partial charge in [0.1, 0.15) is 0 Å². The molecule has 186 valence electrons. The first-order chi connectivity index (χ1) is 17.5. The van der Waals surface area contributed by atoms with Crippen LogP contribution in [0.5, 0.6) is 0 Å².